The molecule has 0 saturated carbocycles. The van der Waals surface area contributed by atoms with Gasteiger partial charge in [0.15, 0.2) is 15.5 Å². The molecule has 5 aromatic rings. The number of ether oxygens (including phenoxy) is 1. The molecular weight excluding hydrogens is 564 g/mol. The number of benzene rings is 1. The van der Waals surface area contributed by atoms with Gasteiger partial charge in [0.2, 0.25) is 0 Å². The average Bonchev–Trinajstić information content (AvgIpc) is 3.45. The SMILES string of the molecule is Cc1cc(Cc2cc(Nc3ccc(-c4nn(C)cc4C)cc3S(C)(=O)=O)c3nc(C)n(C4CCCCO4)c3n2)nc(C)n1. The molecule has 1 atom stereocenters. The Hall–Kier alpha value is -4.16. The molecule has 11 nitrogen and oxygen atoms in total. The number of hydrogen-bond acceptors (Lipinski definition) is 9. The maximum absolute atomic E-state index is 13.1. The van der Waals surface area contributed by atoms with E-state index in [4.69, 9.17) is 14.7 Å². The van der Waals surface area contributed by atoms with Crippen LogP contribution < -0.4 is 5.32 Å². The number of rotatable bonds is 7. The van der Waals surface area contributed by atoms with E-state index in [0.717, 1.165) is 59.0 Å². The molecule has 224 valence electrons. The summed E-state index contributed by atoms with van der Waals surface area (Å²) in [6.07, 6.45) is 6.40. The summed E-state index contributed by atoms with van der Waals surface area (Å²) in [6.45, 7) is 8.42. The molecule has 1 fully saturated rings. The lowest BCUT2D eigenvalue weighted by Crippen LogP contribution is -2.19. The Balaban J connectivity index is 1.49. The van der Waals surface area contributed by atoms with Crippen molar-refractivity contribution in [3.05, 3.63) is 70.8 Å². The standard InChI is InChI=1S/C31H36N8O3S/c1-18-17-38(5)37-29(18)22-10-11-25(27(14-22)43(6,40)41)36-26-16-24(15-23-13-19(2)32-20(3)33-23)35-31-30(26)34-21(4)39(31)28-9-7-8-12-42-28/h10-11,13-14,16-17,28H,7-9,12,15H2,1-6H3,(H,35,36). The fourth-order valence-electron chi connectivity index (χ4n) is 5.87. The zero-order valence-electron chi connectivity index (χ0n) is 25.3. The Labute approximate surface area is 251 Å². The third kappa shape index (κ3) is 5.89. The van der Waals surface area contributed by atoms with Crippen LogP contribution in [0, 0.1) is 27.7 Å². The topological polar surface area (TPSA) is 130 Å². The van der Waals surface area contributed by atoms with Gasteiger partial charge in [0.25, 0.3) is 0 Å². The largest absolute Gasteiger partial charge is 0.358 e. The van der Waals surface area contributed by atoms with Crippen LogP contribution >= 0.6 is 0 Å². The minimum atomic E-state index is -3.61. The van der Waals surface area contributed by atoms with Gasteiger partial charge in [-0.2, -0.15) is 5.10 Å². The summed E-state index contributed by atoms with van der Waals surface area (Å²) in [5, 5.41) is 7.96. The number of aromatic nitrogens is 7. The van der Waals surface area contributed by atoms with Crippen molar-refractivity contribution in [2.45, 2.75) is 64.5 Å². The highest BCUT2D eigenvalue weighted by molar-refractivity contribution is 7.90. The fourth-order valence-corrected chi connectivity index (χ4v) is 6.73. The van der Waals surface area contributed by atoms with Crippen molar-refractivity contribution in [1.29, 1.82) is 0 Å². The van der Waals surface area contributed by atoms with Gasteiger partial charge < -0.3 is 10.1 Å². The first-order chi connectivity index (χ1) is 20.5. The Kier molecular flexibility index (Phi) is 7.51. The van der Waals surface area contributed by atoms with Crippen LogP contribution in [0.15, 0.2) is 41.4 Å². The molecule has 0 amide bonds. The van der Waals surface area contributed by atoms with Crippen molar-refractivity contribution < 1.29 is 13.2 Å². The van der Waals surface area contributed by atoms with Gasteiger partial charge in [0, 0.05) is 43.8 Å². The van der Waals surface area contributed by atoms with Crippen molar-refractivity contribution in [2.24, 2.45) is 7.05 Å². The molecule has 12 heteroatoms. The molecule has 0 bridgehead atoms. The third-order valence-electron chi connectivity index (χ3n) is 7.64. The lowest BCUT2D eigenvalue weighted by Gasteiger charge is -2.25. The molecule has 1 saturated heterocycles. The molecule has 1 aromatic carbocycles. The Bertz CT molecular complexity index is 1940. The third-order valence-corrected chi connectivity index (χ3v) is 8.78. The number of hydrogen-bond donors (Lipinski definition) is 1. The molecule has 6 rings (SSSR count). The second-order valence-electron chi connectivity index (χ2n) is 11.4. The van der Waals surface area contributed by atoms with E-state index in [1.165, 1.54) is 6.26 Å². The normalized spacial score (nSPS) is 15.7. The van der Waals surface area contributed by atoms with Crippen molar-refractivity contribution in [3.63, 3.8) is 0 Å². The van der Waals surface area contributed by atoms with E-state index in [1.807, 2.05) is 59.1 Å². The smallest absolute Gasteiger partial charge is 0.177 e. The summed E-state index contributed by atoms with van der Waals surface area (Å²) in [5.74, 6) is 1.49. The van der Waals surface area contributed by atoms with Gasteiger partial charge >= 0.3 is 0 Å². The molecule has 5 heterocycles. The molecule has 0 aliphatic carbocycles. The van der Waals surface area contributed by atoms with Crippen molar-refractivity contribution >= 4 is 32.4 Å². The maximum atomic E-state index is 13.1. The summed E-state index contributed by atoms with van der Waals surface area (Å²) >= 11 is 0. The number of sulfone groups is 1. The van der Waals surface area contributed by atoms with Crippen LogP contribution in [0.4, 0.5) is 11.4 Å². The Morgan fingerprint density at radius 1 is 0.977 bits per heavy atom. The number of anilines is 2. The lowest BCUT2D eigenvalue weighted by molar-refractivity contribution is -0.0309. The average molecular weight is 601 g/mol. The monoisotopic (exact) mass is 600 g/mol. The maximum Gasteiger partial charge on any atom is 0.177 e. The summed E-state index contributed by atoms with van der Waals surface area (Å²) in [4.78, 5) is 19.2. The van der Waals surface area contributed by atoms with Crippen LogP contribution in [0.1, 0.15) is 59.8 Å². The second kappa shape index (κ2) is 11.2. The van der Waals surface area contributed by atoms with E-state index in [-0.39, 0.29) is 11.1 Å². The second-order valence-corrected chi connectivity index (χ2v) is 13.3. The van der Waals surface area contributed by atoms with Crippen LogP contribution in [0.2, 0.25) is 0 Å². The van der Waals surface area contributed by atoms with E-state index in [2.05, 4.69) is 25.0 Å². The number of imidazole rings is 1. The number of aryl methyl sites for hydroxylation is 5. The van der Waals surface area contributed by atoms with E-state index >= 15 is 0 Å². The summed E-state index contributed by atoms with van der Waals surface area (Å²) in [5.41, 5.74) is 7.39. The predicted octanol–water partition coefficient (Wildman–Crippen LogP) is 5.29. The number of fused-ring (bicyclic) bond motifs is 1. The molecule has 1 unspecified atom stereocenters. The molecule has 4 aromatic heterocycles. The van der Waals surface area contributed by atoms with Gasteiger partial charge in [0.1, 0.15) is 23.4 Å². The molecular formula is C31H36N8O3S. The number of nitrogens with zero attached hydrogens (tertiary/aromatic N) is 7. The highest BCUT2D eigenvalue weighted by Crippen LogP contribution is 2.36. The predicted molar refractivity (Wildman–Crippen MR) is 165 cm³/mol. The molecule has 1 aliphatic rings. The van der Waals surface area contributed by atoms with Crippen LogP contribution in [-0.4, -0.2) is 55.6 Å². The van der Waals surface area contributed by atoms with Gasteiger partial charge in [-0.1, -0.05) is 6.07 Å². The summed E-state index contributed by atoms with van der Waals surface area (Å²) < 4.78 is 36.1. The van der Waals surface area contributed by atoms with Gasteiger partial charge in [0.05, 0.1) is 33.4 Å². The van der Waals surface area contributed by atoms with Crippen molar-refractivity contribution in [3.8, 4) is 11.3 Å². The van der Waals surface area contributed by atoms with Gasteiger partial charge in [-0.05, 0) is 76.8 Å². The first-order valence-corrected chi connectivity index (χ1v) is 16.3. The molecule has 0 radical (unpaired) electrons. The van der Waals surface area contributed by atoms with E-state index in [9.17, 15) is 8.42 Å². The van der Waals surface area contributed by atoms with Crippen LogP contribution in [0.3, 0.4) is 0 Å². The summed E-state index contributed by atoms with van der Waals surface area (Å²) in [7, 11) is -1.76. The lowest BCUT2D eigenvalue weighted by atomic mass is 10.1. The first-order valence-electron chi connectivity index (χ1n) is 14.4. The molecule has 0 spiro atoms. The minimum absolute atomic E-state index is 0.162. The van der Waals surface area contributed by atoms with E-state index < -0.39 is 9.84 Å². The van der Waals surface area contributed by atoms with Crippen molar-refractivity contribution in [2.75, 3.05) is 18.2 Å². The molecule has 43 heavy (non-hydrogen) atoms. The first kappa shape index (κ1) is 28.9. The quantitative estimate of drug-likeness (QED) is 0.265. The zero-order valence-corrected chi connectivity index (χ0v) is 26.2. The van der Waals surface area contributed by atoms with E-state index in [0.29, 0.717) is 41.4 Å². The zero-order chi connectivity index (χ0) is 30.5. The van der Waals surface area contributed by atoms with Gasteiger partial charge in [-0.3, -0.25) is 9.25 Å². The molecule has 1 N–H and O–H groups in total. The fraction of sp³-hybridized carbons (Fsp3) is 0.387. The Morgan fingerprint density at radius 2 is 1.77 bits per heavy atom. The highest BCUT2D eigenvalue weighted by atomic mass is 32.2. The van der Waals surface area contributed by atoms with Gasteiger partial charge in [-0.15, -0.1) is 0 Å². The van der Waals surface area contributed by atoms with Crippen LogP contribution in [0.25, 0.3) is 22.4 Å². The summed E-state index contributed by atoms with van der Waals surface area (Å²) in [6, 6.07) is 9.24. The van der Waals surface area contributed by atoms with Crippen molar-refractivity contribution in [1.82, 2.24) is 34.3 Å². The Morgan fingerprint density at radius 3 is 2.44 bits per heavy atom. The van der Waals surface area contributed by atoms with E-state index in [1.54, 1.807) is 16.8 Å². The number of pyridine rings is 1. The minimum Gasteiger partial charge on any atom is -0.358 e. The van der Waals surface area contributed by atoms with Gasteiger partial charge in [-0.25, -0.2) is 28.4 Å². The highest BCUT2D eigenvalue weighted by Gasteiger charge is 2.25. The van der Waals surface area contributed by atoms with Crippen LogP contribution in [0.5, 0.6) is 0 Å². The van der Waals surface area contributed by atoms with Crippen LogP contribution in [-0.2, 0) is 28.0 Å². The molecule has 1 aliphatic heterocycles. The number of nitrogens with one attached hydrogen (secondary N) is 1.